The minimum atomic E-state index is -1.50. The van der Waals surface area contributed by atoms with Crippen molar-refractivity contribution in [2.45, 2.75) is 0 Å². The summed E-state index contributed by atoms with van der Waals surface area (Å²) in [5.41, 5.74) is -0.674. The van der Waals surface area contributed by atoms with Crippen molar-refractivity contribution in [3.8, 4) is 0 Å². The van der Waals surface area contributed by atoms with Gasteiger partial charge in [0.1, 0.15) is 5.70 Å². The molecule has 0 unspecified atom stereocenters. The first-order valence-electron chi connectivity index (χ1n) is 2.46. The average molecular weight is 159 g/mol. The number of amides is 1. The SMILES string of the molecule is O=CN/C(=C/C(=O)O)C(=O)O. The number of carbonyl (C=O) groups is 3. The van der Waals surface area contributed by atoms with Crippen molar-refractivity contribution in [1.29, 1.82) is 0 Å². The maximum Gasteiger partial charge on any atom is 0.352 e. The molecule has 0 bridgehead atoms. The van der Waals surface area contributed by atoms with Crippen LogP contribution in [0.25, 0.3) is 0 Å². The maximum atomic E-state index is 10.1. The van der Waals surface area contributed by atoms with Crippen molar-refractivity contribution in [1.82, 2.24) is 5.32 Å². The topological polar surface area (TPSA) is 104 Å². The van der Waals surface area contributed by atoms with E-state index in [0.29, 0.717) is 6.08 Å². The number of aliphatic carboxylic acids is 2. The summed E-state index contributed by atoms with van der Waals surface area (Å²) in [6.45, 7) is 0. The third kappa shape index (κ3) is 3.68. The van der Waals surface area contributed by atoms with E-state index in [1.165, 1.54) is 0 Å². The highest BCUT2D eigenvalue weighted by atomic mass is 16.4. The number of carboxylic acid groups (broad SMARTS) is 2. The lowest BCUT2D eigenvalue weighted by molar-refractivity contribution is -0.135. The molecule has 11 heavy (non-hydrogen) atoms. The largest absolute Gasteiger partial charge is 0.478 e. The normalized spacial score (nSPS) is 10.4. The van der Waals surface area contributed by atoms with Gasteiger partial charge in [0.15, 0.2) is 0 Å². The molecule has 0 aliphatic heterocycles. The van der Waals surface area contributed by atoms with E-state index in [1.54, 1.807) is 5.32 Å². The van der Waals surface area contributed by atoms with Gasteiger partial charge in [0, 0.05) is 0 Å². The Morgan fingerprint density at radius 3 is 2.09 bits per heavy atom. The summed E-state index contributed by atoms with van der Waals surface area (Å²) >= 11 is 0. The van der Waals surface area contributed by atoms with E-state index in [0.717, 1.165) is 0 Å². The van der Waals surface area contributed by atoms with Crippen LogP contribution in [0.2, 0.25) is 0 Å². The number of hydrogen-bond acceptors (Lipinski definition) is 3. The Morgan fingerprint density at radius 1 is 1.27 bits per heavy atom. The predicted octanol–water partition coefficient (Wildman–Crippen LogP) is -1.21. The Bertz CT molecular complexity index is 219. The molecule has 0 spiro atoms. The third-order valence-electron chi connectivity index (χ3n) is 0.713. The van der Waals surface area contributed by atoms with Crippen molar-refractivity contribution in [3.63, 3.8) is 0 Å². The molecule has 0 radical (unpaired) electrons. The molecule has 0 saturated heterocycles. The highest BCUT2D eigenvalue weighted by Gasteiger charge is 2.06. The lowest BCUT2D eigenvalue weighted by atomic mass is 10.4. The van der Waals surface area contributed by atoms with Crippen molar-refractivity contribution in [3.05, 3.63) is 11.8 Å². The summed E-state index contributed by atoms with van der Waals surface area (Å²) in [5, 5.41) is 18.0. The quantitative estimate of drug-likeness (QED) is 0.352. The molecular formula is C5H5NO5. The van der Waals surface area contributed by atoms with Crippen LogP contribution in [0.1, 0.15) is 0 Å². The molecule has 0 aliphatic rings. The number of carboxylic acids is 2. The summed E-state index contributed by atoms with van der Waals surface area (Å²) < 4.78 is 0. The van der Waals surface area contributed by atoms with Gasteiger partial charge in [-0.15, -0.1) is 0 Å². The second kappa shape index (κ2) is 4.04. The highest BCUT2D eigenvalue weighted by Crippen LogP contribution is 1.86. The molecule has 0 rings (SSSR count). The van der Waals surface area contributed by atoms with Gasteiger partial charge in [0.25, 0.3) is 0 Å². The molecule has 60 valence electrons. The highest BCUT2D eigenvalue weighted by molar-refractivity contribution is 5.95. The Morgan fingerprint density at radius 2 is 1.82 bits per heavy atom. The number of nitrogens with one attached hydrogen (secondary N) is 1. The monoisotopic (exact) mass is 159 g/mol. The fourth-order valence-corrected chi connectivity index (χ4v) is 0.352. The van der Waals surface area contributed by atoms with Crippen LogP contribution >= 0.6 is 0 Å². The standard InChI is InChI=1S/C5H5NO5/c7-2-6-3(5(10)11)1-4(8)9/h1-2H,(H,6,7)(H,8,9)(H,10,11)/b3-1+. The van der Waals surface area contributed by atoms with E-state index in [9.17, 15) is 14.4 Å². The zero-order chi connectivity index (χ0) is 8.85. The van der Waals surface area contributed by atoms with Crippen molar-refractivity contribution in [2.24, 2.45) is 0 Å². The van der Waals surface area contributed by atoms with Gasteiger partial charge in [-0.3, -0.25) is 4.79 Å². The van der Waals surface area contributed by atoms with E-state index in [4.69, 9.17) is 10.2 Å². The van der Waals surface area contributed by atoms with E-state index < -0.39 is 17.6 Å². The summed E-state index contributed by atoms with van der Waals surface area (Å²) in [7, 11) is 0. The van der Waals surface area contributed by atoms with Gasteiger partial charge in [0.05, 0.1) is 6.08 Å². The molecule has 6 heteroatoms. The van der Waals surface area contributed by atoms with E-state index >= 15 is 0 Å². The number of carbonyl (C=O) groups excluding carboxylic acids is 1. The first kappa shape index (κ1) is 9.15. The van der Waals surface area contributed by atoms with Crippen molar-refractivity contribution < 1.29 is 24.6 Å². The summed E-state index contributed by atoms with van der Waals surface area (Å²) in [5.74, 6) is -2.93. The van der Waals surface area contributed by atoms with E-state index in [2.05, 4.69) is 0 Å². The molecule has 0 saturated carbocycles. The smallest absolute Gasteiger partial charge is 0.352 e. The van der Waals surface area contributed by atoms with Gasteiger partial charge in [-0.05, 0) is 0 Å². The minimum absolute atomic E-state index is 0.0862. The second-order valence-electron chi connectivity index (χ2n) is 1.46. The molecule has 0 aromatic heterocycles. The lowest BCUT2D eigenvalue weighted by Gasteiger charge is -1.95. The van der Waals surface area contributed by atoms with Gasteiger partial charge >= 0.3 is 11.9 Å². The second-order valence-corrected chi connectivity index (χ2v) is 1.46. The maximum absolute atomic E-state index is 10.1. The van der Waals surface area contributed by atoms with Crippen LogP contribution in [0.5, 0.6) is 0 Å². The van der Waals surface area contributed by atoms with Gasteiger partial charge in [-0.1, -0.05) is 0 Å². The first-order chi connectivity index (χ1) is 5.07. The summed E-state index contributed by atoms with van der Waals surface area (Å²) in [6, 6.07) is 0. The Kier molecular flexibility index (Phi) is 3.36. The average Bonchev–Trinajstić information content (AvgIpc) is 1.86. The lowest BCUT2D eigenvalue weighted by Crippen LogP contribution is -2.19. The molecule has 0 fully saturated rings. The van der Waals surface area contributed by atoms with Crippen LogP contribution in [0, 0.1) is 0 Å². The molecule has 0 aromatic rings. The fourth-order valence-electron chi connectivity index (χ4n) is 0.352. The van der Waals surface area contributed by atoms with Gasteiger partial charge in [-0.2, -0.15) is 0 Å². The molecule has 3 N–H and O–H groups in total. The molecule has 1 amide bonds. The van der Waals surface area contributed by atoms with E-state index in [1.807, 2.05) is 0 Å². The van der Waals surface area contributed by atoms with Crippen molar-refractivity contribution >= 4 is 18.3 Å². The van der Waals surface area contributed by atoms with Crippen LogP contribution < -0.4 is 5.32 Å². The zero-order valence-electron chi connectivity index (χ0n) is 5.27. The first-order valence-corrected chi connectivity index (χ1v) is 2.46. The third-order valence-corrected chi connectivity index (χ3v) is 0.713. The van der Waals surface area contributed by atoms with Gasteiger partial charge in [0.2, 0.25) is 6.41 Å². The summed E-state index contributed by atoms with van der Waals surface area (Å²) in [4.78, 5) is 29.7. The number of rotatable bonds is 4. The predicted molar refractivity (Wildman–Crippen MR) is 32.6 cm³/mol. The van der Waals surface area contributed by atoms with Crippen LogP contribution in [-0.4, -0.2) is 28.6 Å². The van der Waals surface area contributed by atoms with Crippen molar-refractivity contribution in [2.75, 3.05) is 0 Å². The van der Waals surface area contributed by atoms with Gasteiger partial charge < -0.3 is 15.5 Å². The van der Waals surface area contributed by atoms with Crippen LogP contribution in [0.4, 0.5) is 0 Å². The molecule has 0 aliphatic carbocycles. The Labute approximate surface area is 61.1 Å². The summed E-state index contributed by atoms with van der Waals surface area (Å²) in [6.07, 6.45) is 0.472. The van der Waals surface area contributed by atoms with Crippen LogP contribution in [0.3, 0.4) is 0 Å². The molecule has 0 atom stereocenters. The molecule has 0 aromatic carbocycles. The fraction of sp³-hybridized carbons (Fsp3) is 0. The Hall–Kier alpha value is -1.85. The zero-order valence-corrected chi connectivity index (χ0v) is 5.27. The molecule has 0 heterocycles. The minimum Gasteiger partial charge on any atom is -0.478 e. The van der Waals surface area contributed by atoms with Crippen LogP contribution in [-0.2, 0) is 14.4 Å². The molecular weight excluding hydrogens is 154 g/mol. The Balaban J connectivity index is 4.44. The van der Waals surface area contributed by atoms with E-state index in [-0.39, 0.29) is 6.41 Å². The number of hydrogen-bond donors (Lipinski definition) is 3. The van der Waals surface area contributed by atoms with Crippen LogP contribution in [0.15, 0.2) is 11.8 Å². The molecule has 6 nitrogen and oxygen atoms in total. The van der Waals surface area contributed by atoms with Gasteiger partial charge in [-0.25, -0.2) is 9.59 Å².